The monoisotopic (exact) mass is 329 g/mol. The van der Waals surface area contributed by atoms with Gasteiger partial charge in [-0.2, -0.15) is 4.98 Å². The van der Waals surface area contributed by atoms with E-state index in [4.69, 9.17) is 4.52 Å². The molecule has 2 aromatic rings. The number of aliphatic hydroxyl groups is 1. The smallest absolute Gasteiger partial charge is 0.229 e. The lowest BCUT2D eigenvalue weighted by Crippen LogP contribution is -2.45. The maximum atomic E-state index is 10.4. The first-order chi connectivity index (χ1) is 11.6. The molecule has 1 unspecified atom stereocenters. The van der Waals surface area contributed by atoms with Crippen LogP contribution < -0.4 is 5.32 Å². The van der Waals surface area contributed by atoms with Gasteiger partial charge >= 0.3 is 0 Å². The molecule has 0 radical (unpaired) electrons. The van der Waals surface area contributed by atoms with Crippen molar-refractivity contribution < 1.29 is 9.63 Å². The van der Waals surface area contributed by atoms with Crippen LogP contribution in [0.3, 0.4) is 0 Å². The quantitative estimate of drug-likeness (QED) is 0.816. The van der Waals surface area contributed by atoms with Gasteiger partial charge in [0, 0.05) is 12.5 Å². The van der Waals surface area contributed by atoms with Crippen molar-refractivity contribution in [1.29, 1.82) is 0 Å². The Morgan fingerprint density at radius 2 is 1.92 bits per heavy atom. The molecule has 5 nitrogen and oxygen atoms in total. The predicted octanol–water partition coefficient (Wildman–Crippen LogP) is 3.16. The van der Waals surface area contributed by atoms with E-state index in [1.807, 2.05) is 30.3 Å². The Labute approximate surface area is 143 Å². The highest BCUT2D eigenvalue weighted by molar-refractivity contribution is 5.16. The van der Waals surface area contributed by atoms with Crippen LogP contribution in [0.15, 0.2) is 34.9 Å². The van der Waals surface area contributed by atoms with Crippen LogP contribution in [-0.2, 0) is 12.0 Å². The fourth-order valence-corrected chi connectivity index (χ4v) is 3.39. The summed E-state index contributed by atoms with van der Waals surface area (Å²) in [6.07, 6.45) is 4.49. The molecule has 1 heterocycles. The molecule has 1 saturated carbocycles. The summed E-state index contributed by atoms with van der Waals surface area (Å²) in [6.45, 7) is 4.63. The molecule has 1 atom stereocenters. The zero-order valence-electron chi connectivity index (χ0n) is 14.5. The second kappa shape index (κ2) is 7.45. The van der Waals surface area contributed by atoms with Crippen LogP contribution in [0.5, 0.6) is 0 Å². The zero-order valence-corrected chi connectivity index (χ0v) is 14.5. The molecule has 0 spiro atoms. The van der Waals surface area contributed by atoms with Gasteiger partial charge in [0.1, 0.15) is 0 Å². The van der Waals surface area contributed by atoms with E-state index < -0.39 is 6.10 Å². The van der Waals surface area contributed by atoms with E-state index in [9.17, 15) is 5.11 Å². The van der Waals surface area contributed by atoms with Crippen molar-refractivity contribution >= 4 is 0 Å². The molecule has 0 saturated heterocycles. The molecule has 1 aliphatic carbocycles. The van der Waals surface area contributed by atoms with Gasteiger partial charge in [-0.15, -0.1) is 0 Å². The molecule has 0 bridgehead atoms. The van der Waals surface area contributed by atoms with Crippen LogP contribution in [0.25, 0.3) is 0 Å². The fraction of sp³-hybridized carbons (Fsp3) is 0.579. The Balaban J connectivity index is 1.65. The average molecular weight is 329 g/mol. The highest BCUT2D eigenvalue weighted by Gasteiger charge is 2.40. The van der Waals surface area contributed by atoms with E-state index in [0.29, 0.717) is 18.9 Å². The van der Waals surface area contributed by atoms with Gasteiger partial charge in [-0.3, -0.25) is 0 Å². The van der Waals surface area contributed by atoms with Crippen molar-refractivity contribution in [1.82, 2.24) is 15.5 Å². The van der Waals surface area contributed by atoms with Gasteiger partial charge in [-0.1, -0.05) is 62.2 Å². The number of aromatic nitrogens is 2. The third-order valence-corrected chi connectivity index (χ3v) is 4.81. The number of nitrogens with one attached hydrogen (secondary N) is 1. The van der Waals surface area contributed by atoms with Crippen LogP contribution in [0.2, 0.25) is 0 Å². The van der Waals surface area contributed by atoms with E-state index >= 15 is 0 Å². The van der Waals surface area contributed by atoms with Gasteiger partial charge < -0.3 is 14.9 Å². The molecule has 3 rings (SSSR count). The van der Waals surface area contributed by atoms with Gasteiger partial charge in [0.05, 0.1) is 11.6 Å². The van der Waals surface area contributed by atoms with Gasteiger partial charge in [-0.05, 0) is 24.8 Å². The molecule has 5 heteroatoms. The zero-order chi connectivity index (χ0) is 17.0. The molecule has 1 aliphatic rings. The van der Waals surface area contributed by atoms with Crippen molar-refractivity contribution in [2.75, 3.05) is 6.54 Å². The molecule has 0 amide bonds. The van der Waals surface area contributed by atoms with E-state index in [0.717, 1.165) is 37.1 Å². The number of hydrogen-bond donors (Lipinski definition) is 2. The molecule has 2 N–H and O–H groups in total. The maximum absolute atomic E-state index is 10.4. The average Bonchev–Trinajstić information content (AvgIpc) is 3.24. The molecule has 1 aromatic carbocycles. The minimum Gasteiger partial charge on any atom is -0.391 e. The Bertz CT molecular complexity index is 633. The molecule has 1 fully saturated rings. The number of nitrogens with zero attached hydrogens (tertiary/aromatic N) is 2. The van der Waals surface area contributed by atoms with Gasteiger partial charge in [-0.25, -0.2) is 0 Å². The summed E-state index contributed by atoms with van der Waals surface area (Å²) < 4.78 is 5.40. The summed E-state index contributed by atoms with van der Waals surface area (Å²) in [7, 11) is 0. The van der Waals surface area contributed by atoms with Crippen molar-refractivity contribution in [2.24, 2.45) is 0 Å². The van der Waals surface area contributed by atoms with Gasteiger partial charge in [0.25, 0.3) is 0 Å². The third-order valence-electron chi connectivity index (χ3n) is 4.81. The van der Waals surface area contributed by atoms with Crippen LogP contribution in [-0.4, -0.2) is 27.9 Å². The summed E-state index contributed by atoms with van der Waals surface area (Å²) in [5.74, 6) is 1.66. The van der Waals surface area contributed by atoms with Crippen LogP contribution in [0.4, 0.5) is 0 Å². The fourth-order valence-electron chi connectivity index (χ4n) is 3.39. The largest absolute Gasteiger partial charge is 0.391 e. The minimum atomic E-state index is -0.429. The second-order valence-corrected chi connectivity index (χ2v) is 7.12. The Morgan fingerprint density at radius 1 is 1.21 bits per heavy atom. The van der Waals surface area contributed by atoms with Gasteiger partial charge in [0.2, 0.25) is 5.89 Å². The SMILES string of the molecule is CC(C)c1nc(C2(NCC(O)Cc3ccccc3)CCCC2)no1. The number of aliphatic hydroxyl groups excluding tert-OH is 1. The standard InChI is InChI=1S/C19H27N3O2/c1-14(2)17-21-18(22-24-17)19(10-6-7-11-19)20-13-16(23)12-15-8-4-3-5-9-15/h3-5,8-9,14,16,20,23H,6-7,10-13H2,1-2H3. The van der Waals surface area contributed by atoms with Crippen molar-refractivity contribution in [3.05, 3.63) is 47.6 Å². The van der Waals surface area contributed by atoms with Crippen molar-refractivity contribution in [2.45, 2.75) is 63.5 Å². The lowest BCUT2D eigenvalue weighted by Gasteiger charge is -2.28. The van der Waals surface area contributed by atoms with E-state index in [1.165, 1.54) is 0 Å². The maximum Gasteiger partial charge on any atom is 0.229 e. The summed E-state index contributed by atoms with van der Waals surface area (Å²) in [4.78, 5) is 4.60. The Kier molecular flexibility index (Phi) is 5.31. The second-order valence-electron chi connectivity index (χ2n) is 7.12. The van der Waals surface area contributed by atoms with Crippen molar-refractivity contribution in [3.63, 3.8) is 0 Å². The topological polar surface area (TPSA) is 71.2 Å². The molecule has 0 aliphatic heterocycles. The summed E-state index contributed by atoms with van der Waals surface area (Å²) in [5, 5.41) is 18.2. The molecule has 24 heavy (non-hydrogen) atoms. The summed E-state index contributed by atoms with van der Waals surface area (Å²) in [6, 6.07) is 10.1. The normalized spacial score (nSPS) is 18.2. The first-order valence-corrected chi connectivity index (χ1v) is 8.90. The number of hydrogen-bond acceptors (Lipinski definition) is 5. The molecular weight excluding hydrogens is 302 g/mol. The summed E-state index contributed by atoms with van der Waals surface area (Å²) >= 11 is 0. The Morgan fingerprint density at radius 3 is 2.54 bits per heavy atom. The van der Waals surface area contributed by atoms with E-state index in [1.54, 1.807) is 0 Å². The lowest BCUT2D eigenvalue weighted by molar-refractivity contribution is 0.150. The van der Waals surface area contributed by atoms with Gasteiger partial charge in [0.15, 0.2) is 5.82 Å². The first-order valence-electron chi connectivity index (χ1n) is 8.90. The Hall–Kier alpha value is -1.72. The number of rotatable bonds is 7. The first kappa shape index (κ1) is 17.1. The predicted molar refractivity (Wildman–Crippen MR) is 92.7 cm³/mol. The van der Waals surface area contributed by atoms with E-state index in [-0.39, 0.29) is 11.5 Å². The number of benzene rings is 1. The minimum absolute atomic E-state index is 0.230. The highest BCUT2D eigenvalue weighted by Crippen LogP contribution is 2.37. The van der Waals surface area contributed by atoms with Crippen LogP contribution in [0.1, 0.15) is 62.7 Å². The highest BCUT2D eigenvalue weighted by atomic mass is 16.5. The van der Waals surface area contributed by atoms with Crippen molar-refractivity contribution in [3.8, 4) is 0 Å². The molecule has 1 aromatic heterocycles. The van der Waals surface area contributed by atoms with E-state index in [2.05, 4.69) is 29.3 Å². The third kappa shape index (κ3) is 3.84. The van der Waals surface area contributed by atoms with Crippen LogP contribution in [0, 0.1) is 0 Å². The lowest BCUT2D eigenvalue weighted by atomic mass is 9.95. The molecule has 130 valence electrons. The molecular formula is C19H27N3O2. The summed E-state index contributed by atoms with van der Waals surface area (Å²) in [5.41, 5.74) is 0.892. The van der Waals surface area contributed by atoms with Crippen LogP contribution >= 0.6 is 0 Å².